The van der Waals surface area contributed by atoms with E-state index >= 15 is 0 Å². The number of pyridine rings is 1. The number of fused-ring (bicyclic) bond motifs is 1. The zero-order chi connectivity index (χ0) is 16.0. The normalized spacial score (nSPS) is 14.2. The molecule has 2 heterocycles. The van der Waals surface area contributed by atoms with Gasteiger partial charge in [-0.05, 0) is 12.8 Å². The molecular formula is C13H13N3O5S. The molecule has 0 spiro atoms. The molecule has 1 aliphatic rings. The van der Waals surface area contributed by atoms with Gasteiger partial charge in [-0.2, -0.15) is 0 Å². The Bertz CT molecular complexity index is 849. The molecule has 0 bridgehead atoms. The molecule has 0 aromatic carbocycles. The number of rotatable bonds is 4. The number of carbonyl (C=O) groups excluding carboxylic acids is 1. The number of aromatic nitrogens is 2. The molecule has 0 aliphatic heterocycles. The summed E-state index contributed by atoms with van der Waals surface area (Å²) in [6.45, 7) is -0.629. The number of nitrogens with zero attached hydrogens (tertiary/aromatic N) is 2. The van der Waals surface area contributed by atoms with E-state index in [9.17, 15) is 19.5 Å². The SMILES string of the molecule is Cn1c(=O)c(C(=O)NCC(=O)O)c(O)c2sc(C3CC3)nc21. The van der Waals surface area contributed by atoms with E-state index in [1.54, 1.807) is 0 Å². The van der Waals surface area contributed by atoms with Crippen molar-refractivity contribution in [1.29, 1.82) is 0 Å². The lowest BCUT2D eigenvalue weighted by Gasteiger charge is -2.07. The van der Waals surface area contributed by atoms with Crippen molar-refractivity contribution in [2.24, 2.45) is 7.05 Å². The second kappa shape index (κ2) is 5.09. The quantitative estimate of drug-likeness (QED) is 0.748. The van der Waals surface area contributed by atoms with Crippen molar-refractivity contribution in [3.8, 4) is 5.75 Å². The molecule has 1 saturated carbocycles. The number of carboxylic acid groups (broad SMARTS) is 1. The molecule has 1 amide bonds. The molecule has 3 rings (SSSR count). The van der Waals surface area contributed by atoms with Crippen LogP contribution in [-0.4, -0.2) is 38.2 Å². The first-order chi connectivity index (χ1) is 10.4. The lowest BCUT2D eigenvalue weighted by atomic mass is 10.2. The number of thiazole rings is 1. The van der Waals surface area contributed by atoms with E-state index in [0.29, 0.717) is 16.3 Å². The van der Waals surface area contributed by atoms with Gasteiger partial charge in [0.1, 0.15) is 16.8 Å². The molecule has 0 atom stereocenters. The van der Waals surface area contributed by atoms with Crippen LogP contribution in [0.5, 0.6) is 5.75 Å². The summed E-state index contributed by atoms with van der Waals surface area (Å²) in [7, 11) is 1.47. The van der Waals surface area contributed by atoms with Crippen LogP contribution < -0.4 is 10.9 Å². The molecule has 1 fully saturated rings. The van der Waals surface area contributed by atoms with E-state index in [2.05, 4.69) is 10.3 Å². The van der Waals surface area contributed by atoms with Crippen LogP contribution in [0.3, 0.4) is 0 Å². The largest absolute Gasteiger partial charge is 0.505 e. The van der Waals surface area contributed by atoms with E-state index in [1.807, 2.05) is 0 Å². The highest BCUT2D eigenvalue weighted by Gasteiger charge is 2.30. The van der Waals surface area contributed by atoms with Gasteiger partial charge in [0.15, 0.2) is 11.4 Å². The van der Waals surface area contributed by atoms with Gasteiger partial charge in [-0.1, -0.05) is 0 Å². The Balaban J connectivity index is 2.12. The molecule has 2 aromatic heterocycles. The summed E-state index contributed by atoms with van der Waals surface area (Å²) in [6.07, 6.45) is 2.06. The Labute approximate surface area is 128 Å². The maximum absolute atomic E-state index is 12.2. The van der Waals surface area contributed by atoms with Crippen LogP contribution in [0.1, 0.15) is 34.1 Å². The summed E-state index contributed by atoms with van der Waals surface area (Å²) >= 11 is 1.26. The maximum atomic E-state index is 12.2. The van der Waals surface area contributed by atoms with Gasteiger partial charge in [-0.25, -0.2) is 4.98 Å². The Kier molecular flexibility index (Phi) is 3.36. The van der Waals surface area contributed by atoms with Crippen LogP contribution in [0.25, 0.3) is 10.3 Å². The highest BCUT2D eigenvalue weighted by atomic mass is 32.1. The summed E-state index contributed by atoms with van der Waals surface area (Å²) in [6, 6.07) is 0. The first-order valence-electron chi connectivity index (χ1n) is 6.62. The topological polar surface area (TPSA) is 122 Å². The lowest BCUT2D eigenvalue weighted by molar-refractivity contribution is -0.135. The highest BCUT2D eigenvalue weighted by Crippen LogP contribution is 2.44. The van der Waals surface area contributed by atoms with Crippen LogP contribution in [-0.2, 0) is 11.8 Å². The Morgan fingerprint density at radius 3 is 2.73 bits per heavy atom. The van der Waals surface area contributed by atoms with Crippen LogP contribution in [0, 0.1) is 0 Å². The molecule has 2 aromatic rings. The summed E-state index contributed by atoms with van der Waals surface area (Å²) in [5.41, 5.74) is -0.827. The predicted octanol–water partition coefficient (Wildman–Crippen LogP) is 0.392. The summed E-state index contributed by atoms with van der Waals surface area (Å²) in [5.74, 6) is -2.23. The molecule has 0 saturated heterocycles. The minimum Gasteiger partial charge on any atom is -0.505 e. The summed E-state index contributed by atoms with van der Waals surface area (Å²) in [5, 5.41) is 21.8. The molecule has 8 nitrogen and oxygen atoms in total. The van der Waals surface area contributed by atoms with E-state index in [1.165, 1.54) is 23.0 Å². The number of aliphatic carboxylic acids is 1. The number of carboxylic acids is 1. The summed E-state index contributed by atoms with van der Waals surface area (Å²) < 4.78 is 1.57. The second-order valence-corrected chi connectivity index (χ2v) is 6.17. The number of hydrogen-bond donors (Lipinski definition) is 3. The van der Waals surface area contributed by atoms with E-state index in [0.717, 1.165) is 17.8 Å². The first-order valence-corrected chi connectivity index (χ1v) is 7.44. The van der Waals surface area contributed by atoms with Gasteiger partial charge < -0.3 is 15.5 Å². The highest BCUT2D eigenvalue weighted by molar-refractivity contribution is 7.19. The van der Waals surface area contributed by atoms with Crippen molar-refractivity contribution in [1.82, 2.24) is 14.9 Å². The van der Waals surface area contributed by atoms with Gasteiger partial charge in [0.25, 0.3) is 11.5 Å². The Hall–Kier alpha value is -2.42. The molecule has 1 aliphatic carbocycles. The fraction of sp³-hybridized carbons (Fsp3) is 0.385. The van der Waals surface area contributed by atoms with Gasteiger partial charge >= 0.3 is 5.97 Å². The minimum atomic E-state index is -1.24. The van der Waals surface area contributed by atoms with Crippen molar-refractivity contribution in [2.75, 3.05) is 6.54 Å². The smallest absolute Gasteiger partial charge is 0.322 e. The van der Waals surface area contributed by atoms with E-state index in [4.69, 9.17) is 5.11 Å². The molecule has 0 unspecified atom stereocenters. The van der Waals surface area contributed by atoms with Crippen molar-refractivity contribution in [2.45, 2.75) is 18.8 Å². The van der Waals surface area contributed by atoms with Crippen molar-refractivity contribution in [3.05, 3.63) is 20.9 Å². The van der Waals surface area contributed by atoms with Gasteiger partial charge in [-0.15, -0.1) is 11.3 Å². The van der Waals surface area contributed by atoms with Gasteiger partial charge in [-0.3, -0.25) is 19.0 Å². The van der Waals surface area contributed by atoms with Crippen LogP contribution in [0.4, 0.5) is 0 Å². The first kappa shape index (κ1) is 14.5. The third-order valence-electron chi connectivity index (χ3n) is 3.47. The van der Waals surface area contributed by atoms with Gasteiger partial charge in [0.2, 0.25) is 0 Å². The van der Waals surface area contributed by atoms with E-state index < -0.39 is 35.3 Å². The van der Waals surface area contributed by atoms with E-state index in [-0.39, 0.29) is 0 Å². The van der Waals surface area contributed by atoms with Gasteiger partial charge in [0.05, 0.1) is 5.01 Å². The third-order valence-corrected chi connectivity index (χ3v) is 4.68. The second-order valence-electron chi connectivity index (χ2n) is 5.14. The average Bonchev–Trinajstić information content (AvgIpc) is 3.21. The standard InChI is InChI=1S/C13H13N3O5S/c1-16-10-9(22-12(15-10)5-2-3-5)8(19)7(13(16)21)11(20)14-4-6(17)18/h5,19H,2-4H2,1H3,(H,14,20)(H,17,18). The number of aryl methyl sites for hydroxylation is 1. The summed E-state index contributed by atoms with van der Waals surface area (Å²) in [4.78, 5) is 39.1. The monoisotopic (exact) mass is 323 g/mol. The average molecular weight is 323 g/mol. The van der Waals surface area contributed by atoms with Crippen molar-refractivity contribution >= 4 is 33.6 Å². The van der Waals surface area contributed by atoms with Crippen LogP contribution in [0.15, 0.2) is 4.79 Å². The minimum absolute atomic E-state index is 0.337. The number of carbonyl (C=O) groups is 2. The molecular weight excluding hydrogens is 310 g/mol. The number of amides is 1. The van der Waals surface area contributed by atoms with Crippen molar-refractivity contribution in [3.63, 3.8) is 0 Å². The van der Waals surface area contributed by atoms with Crippen molar-refractivity contribution < 1.29 is 19.8 Å². The molecule has 9 heteroatoms. The Morgan fingerprint density at radius 2 is 2.14 bits per heavy atom. The fourth-order valence-corrected chi connectivity index (χ4v) is 3.36. The predicted molar refractivity (Wildman–Crippen MR) is 78.5 cm³/mol. The molecule has 116 valence electrons. The fourth-order valence-electron chi connectivity index (χ4n) is 2.14. The molecule has 22 heavy (non-hydrogen) atoms. The maximum Gasteiger partial charge on any atom is 0.322 e. The number of hydrogen-bond acceptors (Lipinski definition) is 6. The number of aromatic hydroxyl groups is 1. The Morgan fingerprint density at radius 1 is 1.45 bits per heavy atom. The van der Waals surface area contributed by atoms with Crippen LogP contribution in [0.2, 0.25) is 0 Å². The third kappa shape index (κ3) is 2.33. The lowest BCUT2D eigenvalue weighted by Crippen LogP contribution is -2.35. The zero-order valence-corrected chi connectivity index (χ0v) is 12.4. The number of nitrogens with one attached hydrogen (secondary N) is 1. The molecule has 3 N–H and O–H groups in total. The van der Waals surface area contributed by atoms with Crippen LogP contribution >= 0.6 is 11.3 Å². The molecule has 0 radical (unpaired) electrons. The zero-order valence-electron chi connectivity index (χ0n) is 11.6. The van der Waals surface area contributed by atoms with Gasteiger partial charge in [0, 0.05) is 13.0 Å².